The van der Waals surface area contributed by atoms with Crippen molar-refractivity contribution in [1.82, 2.24) is 13.9 Å². The van der Waals surface area contributed by atoms with Crippen LogP contribution in [-0.2, 0) is 21.4 Å². The molecule has 0 spiro atoms. The van der Waals surface area contributed by atoms with Crippen LogP contribution >= 0.6 is 11.8 Å². The number of hydrogen-bond donors (Lipinski definition) is 1. The van der Waals surface area contributed by atoms with Crippen LogP contribution in [0, 0.1) is 5.82 Å². The Balaban J connectivity index is 1.53. The predicted molar refractivity (Wildman–Crippen MR) is 138 cm³/mol. The second-order valence-corrected chi connectivity index (χ2v) is 11.2. The zero-order chi connectivity index (χ0) is 25.9. The third kappa shape index (κ3) is 5.64. The first-order valence-corrected chi connectivity index (χ1v) is 13.3. The van der Waals surface area contributed by atoms with Gasteiger partial charge in [0, 0.05) is 19.8 Å². The first-order chi connectivity index (χ1) is 17.1. The van der Waals surface area contributed by atoms with Crippen molar-refractivity contribution in [1.29, 1.82) is 0 Å². The molecule has 4 aromatic rings. The van der Waals surface area contributed by atoms with E-state index in [1.54, 1.807) is 36.4 Å². The van der Waals surface area contributed by atoms with Crippen LogP contribution in [0.3, 0.4) is 0 Å². The first kappa shape index (κ1) is 25.5. The number of carbonyl (C=O) groups is 1. The molecule has 1 amide bonds. The van der Waals surface area contributed by atoms with Crippen LogP contribution in [-0.4, -0.2) is 48.0 Å². The summed E-state index contributed by atoms with van der Waals surface area (Å²) in [6.45, 7) is 0.169. The molecule has 11 heteroatoms. The molecular weight excluding hydrogens is 503 g/mol. The molecule has 0 atom stereocenters. The molecule has 1 heterocycles. The number of halogens is 1. The minimum Gasteiger partial charge on any atom is -0.325 e. The maximum absolute atomic E-state index is 13.3. The Hall–Kier alpha value is -3.54. The van der Waals surface area contributed by atoms with Gasteiger partial charge in [-0.2, -0.15) is 0 Å². The number of carbonyl (C=O) groups excluding carboxylic acids is 1. The SMILES string of the molecule is CN(C)S(=O)(=O)c1ccc(NC(=O)CSc2nc3ccccc3c(=O)n2Cc2ccc(F)cc2)cc1. The quantitative estimate of drug-likeness (QED) is 0.278. The van der Waals surface area contributed by atoms with Gasteiger partial charge in [0.15, 0.2) is 5.16 Å². The van der Waals surface area contributed by atoms with E-state index in [-0.39, 0.29) is 34.5 Å². The first-order valence-electron chi connectivity index (χ1n) is 10.8. The number of benzene rings is 3. The summed E-state index contributed by atoms with van der Waals surface area (Å²) in [5, 5.41) is 3.52. The smallest absolute Gasteiger partial charge is 0.262 e. The summed E-state index contributed by atoms with van der Waals surface area (Å²) in [6.07, 6.45) is 0. The summed E-state index contributed by atoms with van der Waals surface area (Å²) in [4.78, 5) is 30.5. The highest BCUT2D eigenvalue weighted by molar-refractivity contribution is 7.99. The maximum atomic E-state index is 13.3. The zero-order valence-corrected chi connectivity index (χ0v) is 21.1. The van der Waals surface area contributed by atoms with Gasteiger partial charge < -0.3 is 5.32 Å². The topological polar surface area (TPSA) is 101 Å². The number of thioether (sulfide) groups is 1. The Morgan fingerprint density at radius 2 is 1.69 bits per heavy atom. The fraction of sp³-hybridized carbons (Fsp3) is 0.160. The number of para-hydroxylation sites is 1. The minimum absolute atomic E-state index is 0.0358. The fourth-order valence-electron chi connectivity index (χ4n) is 3.42. The van der Waals surface area contributed by atoms with Gasteiger partial charge in [0.05, 0.1) is 28.1 Å². The molecule has 3 aromatic carbocycles. The summed E-state index contributed by atoms with van der Waals surface area (Å²) in [5.41, 5.74) is 1.41. The molecule has 0 saturated carbocycles. The van der Waals surface area contributed by atoms with Crippen LogP contribution in [0.5, 0.6) is 0 Å². The lowest BCUT2D eigenvalue weighted by atomic mass is 10.2. The van der Waals surface area contributed by atoms with E-state index in [4.69, 9.17) is 0 Å². The van der Waals surface area contributed by atoms with E-state index in [0.717, 1.165) is 21.6 Å². The second-order valence-electron chi connectivity index (χ2n) is 8.08. The molecule has 0 aliphatic rings. The van der Waals surface area contributed by atoms with Crippen LogP contribution in [0.15, 0.2) is 87.6 Å². The number of amides is 1. The van der Waals surface area contributed by atoms with E-state index < -0.39 is 10.0 Å². The lowest BCUT2D eigenvalue weighted by molar-refractivity contribution is -0.113. The summed E-state index contributed by atoms with van der Waals surface area (Å²) in [7, 11) is -0.682. The largest absolute Gasteiger partial charge is 0.325 e. The molecule has 0 radical (unpaired) electrons. The molecular formula is C25H23FN4O4S2. The number of nitrogens with one attached hydrogen (secondary N) is 1. The van der Waals surface area contributed by atoms with Crippen molar-refractivity contribution < 1.29 is 17.6 Å². The molecule has 0 fully saturated rings. The van der Waals surface area contributed by atoms with Gasteiger partial charge in [-0.05, 0) is 54.1 Å². The molecule has 36 heavy (non-hydrogen) atoms. The number of rotatable bonds is 8. The Labute approximate surface area is 211 Å². The van der Waals surface area contributed by atoms with Crippen LogP contribution < -0.4 is 10.9 Å². The van der Waals surface area contributed by atoms with Crippen molar-refractivity contribution in [3.63, 3.8) is 0 Å². The number of anilines is 1. The monoisotopic (exact) mass is 526 g/mol. The highest BCUT2D eigenvalue weighted by Gasteiger charge is 2.17. The predicted octanol–water partition coefficient (Wildman–Crippen LogP) is 3.57. The van der Waals surface area contributed by atoms with Gasteiger partial charge in [-0.3, -0.25) is 14.2 Å². The van der Waals surface area contributed by atoms with E-state index in [2.05, 4.69) is 10.3 Å². The van der Waals surface area contributed by atoms with Gasteiger partial charge in [0.2, 0.25) is 15.9 Å². The lowest BCUT2D eigenvalue weighted by Gasteiger charge is -2.14. The average molecular weight is 527 g/mol. The number of aromatic nitrogens is 2. The lowest BCUT2D eigenvalue weighted by Crippen LogP contribution is -2.25. The number of fused-ring (bicyclic) bond motifs is 1. The summed E-state index contributed by atoms with van der Waals surface area (Å²) >= 11 is 1.10. The van der Waals surface area contributed by atoms with Crippen LogP contribution in [0.4, 0.5) is 10.1 Å². The van der Waals surface area contributed by atoms with Crippen LogP contribution in [0.25, 0.3) is 10.9 Å². The van der Waals surface area contributed by atoms with Crippen molar-refractivity contribution >= 4 is 44.3 Å². The van der Waals surface area contributed by atoms with Crippen LogP contribution in [0.2, 0.25) is 0 Å². The van der Waals surface area contributed by atoms with Gasteiger partial charge in [-0.25, -0.2) is 22.1 Å². The number of sulfonamides is 1. The summed E-state index contributed by atoms with van der Waals surface area (Å²) < 4.78 is 40.3. The molecule has 0 saturated heterocycles. The minimum atomic E-state index is -3.57. The molecule has 0 bridgehead atoms. The molecule has 8 nitrogen and oxygen atoms in total. The van der Waals surface area contributed by atoms with Crippen molar-refractivity contribution in [2.24, 2.45) is 0 Å². The van der Waals surface area contributed by atoms with Crippen molar-refractivity contribution in [3.8, 4) is 0 Å². The third-order valence-electron chi connectivity index (χ3n) is 5.33. The van der Waals surface area contributed by atoms with Crippen molar-refractivity contribution in [2.75, 3.05) is 25.2 Å². The van der Waals surface area contributed by atoms with E-state index in [9.17, 15) is 22.4 Å². The van der Waals surface area contributed by atoms with E-state index in [1.165, 1.54) is 55.1 Å². The molecule has 1 N–H and O–H groups in total. The summed E-state index contributed by atoms with van der Waals surface area (Å²) in [6, 6.07) is 18.6. The van der Waals surface area contributed by atoms with Crippen molar-refractivity contribution in [3.05, 3.63) is 94.5 Å². The standard InChI is InChI=1S/C25H23FN4O4S2/c1-29(2)36(33,34)20-13-11-19(12-14-20)27-23(31)16-35-25-28-22-6-4-3-5-21(22)24(32)30(25)15-17-7-9-18(26)10-8-17/h3-14H,15-16H2,1-2H3,(H,27,31). The van der Waals surface area contributed by atoms with Gasteiger partial charge in [-0.1, -0.05) is 36.0 Å². The molecule has 4 rings (SSSR count). The molecule has 0 aliphatic heterocycles. The Morgan fingerprint density at radius 1 is 1.03 bits per heavy atom. The Kier molecular flexibility index (Phi) is 7.53. The van der Waals surface area contributed by atoms with Gasteiger partial charge >= 0.3 is 0 Å². The van der Waals surface area contributed by atoms with Gasteiger partial charge in [0.1, 0.15) is 5.82 Å². The highest BCUT2D eigenvalue weighted by Crippen LogP contribution is 2.21. The molecule has 0 aliphatic carbocycles. The Bertz CT molecular complexity index is 1570. The van der Waals surface area contributed by atoms with Crippen molar-refractivity contribution in [2.45, 2.75) is 16.6 Å². The van der Waals surface area contributed by atoms with Crippen LogP contribution in [0.1, 0.15) is 5.56 Å². The average Bonchev–Trinajstić information content (AvgIpc) is 2.86. The second kappa shape index (κ2) is 10.6. The molecule has 0 unspecified atom stereocenters. The molecule has 186 valence electrons. The zero-order valence-electron chi connectivity index (χ0n) is 19.5. The summed E-state index contributed by atoms with van der Waals surface area (Å²) in [5.74, 6) is -0.758. The maximum Gasteiger partial charge on any atom is 0.262 e. The van der Waals surface area contributed by atoms with Gasteiger partial charge in [0.25, 0.3) is 5.56 Å². The third-order valence-corrected chi connectivity index (χ3v) is 8.14. The van der Waals surface area contributed by atoms with E-state index >= 15 is 0 Å². The van der Waals surface area contributed by atoms with E-state index in [0.29, 0.717) is 21.7 Å². The van der Waals surface area contributed by atoms with Gasteiger partial charge in [-0.15, -0.1) is 0 Å². The number of hydrogen-bond acceptors (Lipinski definition) is 6. The molecule has 1 aromatic heterocycles. The fourth-order valence-corrected chi connectivity index (χ4v) is 5.12. The van der Waals surface area contributed by atoms with E-state index in [1.807, 2.05) is 0 Å². The Morgan fingerprint density at radius 3 is 2.36 bits per heavy atom. The normalized spacial score (nSPS) is 11.7. The number of nitrogens with zero attached hydrogens (tertiary/aromatic N) is 3. The highest BCUT2D eigenvalue weighted by atomic mass is 32.2.